The lowest BCUT2D eigenvalue weighted by Crippen LogP contribution is -2.50. The Labute approximate surface area is 186 Å². The number of hydrogen-bond acceptors (Lipinski definition) is 4. The van der Waals surface area contributed by atoms with Crippen LogP contribution in [0.1, 0.15) is 58.3 Å². The van der Waals surface area contributed by atoms with E-state index in [9.17, 15) is 18.0 Å². The Balaban J connectivity index is 1.41. The van der Waals surface area contributed by atoms with Gasteiger partial charge in [0.2, 0.25) is 21.8 Å². The zero-order chi connectivity index (χ0) is 22.3. The molecule has 1 saturated heterocycles. The van der Waals surface area contributed by atoms with Crippen molar-refractivity contribution in [1.82, 2.24) is 14.5 Å². The number of nitrogens with one attached hydrogen (secondary N) is 1. The third-order valence-corrected chi connectivity index (χ3v) is 8.39. The largest absolute Gasteiger partial charge is 0.353 e. The molecule has 0 bridgehead atoms. The molecule has 8 heteroatoms. The second kappa shape index (κ2) is 11.1. The smallest absolute Gasteiger partial charge is 0.243 e. The summed E-state index contributed by atoms with van der Waals surface area (Å²) in [7, 11) is -3.53. The highest BCUT2D eigenvalue weighted by atomic mass is 32.2. The van der Waals surface area contributed by atoms with E-state index >= 15 is 0 Å². The van der Waals surface area contributed by atoms with Crippen LogP contribution in [0.15, 0.2) is 35.2 Å². The molecular formula is C23H35N3O4S. The zero-order valence-electron chi connectivity index (χ0n) is 18.5. The fourth-order valence-electron chi connectivity index (χ4n) is 4.62. The van der Waals surface area contributed by atoms with Crippen LogP contribution in [0.5, 0.6) is 0 Å². The molecule has 1 aliphatic carbocycles. The third kappa shape index (κ3) is 6.29. The molecular weight excluding hydrogens is 414 g/mol. The molecule has 0 radical (unpaired) electrons. The van der Waals surface area contributed by atoms with Gasteiger partial charge in [-0.3, -0.25) is 9.59 Å². The fraction of sp³-hybridized carbons (Fsp3) is 0.652. The Hall–Kier alpha value is -1.93. The number of hydrogen-bond donors (Lipinski definition) is 1. The van der Waals surface area contributed by atoms with Gasteiger partial charge in [-0.15, -0.1) is 0 Å². The van der Waals surface area contributed by atoms with Gasteiger partial charge in [0, 0.05) is 45.1 Å². The number of carbonyl (C=O) groups is 2. The summed E-state index contributed by atoms with van der Waals surface area (Å²) in [5, 5.41) is 3.14. The number of unbranched alkanes of at least 4 members (excludes halogenated alkanes) is 1. The number of benzene rings is 1. The standard InChI is InChI=1S/C23H35N3O4S/c1-2-3-8-19-9-7-12-21(19)24-22(27)13-14-23(28)25-15-17-26(18-16-25)31(29,30)20-10-5-4-6-11-20/h4-6,10-11,19,21H,2-3,7-9,12-18H2,1H3,(H,24,27). The number of amides is 2. The summed E-state index contributed by atoms with van der Waals surface area (Å²) in [6.07, 6.45) is 7.27. The lowest BCUT2D eigenvalue weighted by Gasteiger charge is -2.34. The predicted octanol–water partition coefficient (Wildman–Crippen LogP) is 2.77. The highest BCUT2D eigenvalue weighted by molar-refractivity contribution is 7.89. The molecule has 2 unspecified atom stereocenters. The van der Waals surface area contributed by atoms with E-state index in [1.54, 1.807) is 35.2 Å². The summed E-state index contributed by atoms with van der Waals surface area (Å²) in [5.41, 5.74) is 0. The first-order chi connectivity index (χ1) is 14.9. The minimum Gasteiger partial charge on any atom is -0.353 e. The summed E-state index contributed by atoms with van der Waals surface area (Å²) >= 11 is 0. The van der Waals surface area contributed by atoms with Crippen molar-refractivity contribution in [1.29, 1.82) is 0 Å². The zero-order valence-corrected chi connectivity index (χ0v) is 19.3. The van der Waals surface area contributed by atoms with Gasteiger partial charge in [0.1, 0.15) is 0 Å². The molecule has 7 nitrogen and oxygen atoms in total. The Morgan fingerprint density at radius 1 is 1.03 bits per heavy atom. The van der Waals surface area contributed by atoms with Crippen LogP contribution < -0.4 is 5.32 Å². The van der Waals surface area contributed by atoms with Crippen molar-refractivity contribution in [3.8, 4) is 0 Å². The van der Waals surface area contributed by atoms with E-state index < -0.39 is 10.0 Å². The van der Waals surface area contributed by atoms with Crippen LogP contribution in [0.3, 0.4) is 0 Å². The summed E-state index contributed by atoms with van der Waals surface area (Å²) in [4.78, 5) is 26.9. The van der Waals surface area contributed by atoms with E-state index in [1.165, 1.54) is 23.6 Å². The number of nitrogens with zero attached hydrogens (tertiary/aromatic N) is 2. The maximum atomic E-state index is 12.7. The molecule has 2 atom stereocenters. The van der Waals surface area contributed by atoms with Crippen LogP contribution in [0.25, 0.3) is 0 Å². The Bertz CT molecular complexity index is 836. The molecule has 1 N–H and O–H groups in total. The molecule has 31 heavy (non-hydrogen) atoms. The van der Waals surface area contributed by atoms with E-state index in [0.717, 1.165) is 19.3 Å². The van der Waals surface area contributed by atoms with Crippen LogP contribution in [-0.4, -0.2) is 61.7 Å². The van der Waals surface area contributed by atoms with Crippen molar-refractivity contribution in [2.75, 3.05) is 26.2 Å². The Kier molecular flexibility index (Phi) is 8.49. The van der Waals surface area contributed by atoms with Crippen molar-refractivity contribution in [3.05, 3.63) is 30.3 Å². The topological polar surface area (TPSA) is 86.8 Å². The maximum Gasteiger partial charge on any atom is 0.243 e. The quantitative estimate of drug-likeness (QED) is 0.628. The number of sulfonamides is 1. The molecule has 0 aromatic heterocycles. The van der Waals surface area contributed by atoms with Gasteiger partial charge in [-0.05, 0) is 37.3 Å². The van der Waals surface area contributed by atoms with E-state index in [0.29, 0.717) is 19.0 Å². The average molecular weight is 450 g/mol. The summed E-state index contributed by atoms with van der Waals surface area (Å²) in [6, 6.07) is 8.61. The van der Waals surface area contributed by atoms with E-state index in [1.807, 2.05) is 0 Å². The first kappa shape index (κ1) is 23.7. The van der Waals surface area contributed by atoms with E-state index in [4.69, 9.17) is 0 Å². The molecule has 1 aliphatic heterocycles. The van der Waals surface area contributed by atoms with Crippen LogP contribution in [-0.2, 0) is 19.6 Å². The molecule has 3 rings (SSSR count). The number of piperazine rings is 1. The molecule has 2 aliphatic rings. The molecule has 1 aromatic rings. The second-order valence-electron chi connectivity index (χ2n) is 8.61. The van der Waals surface area contributed by atoms with E-state index in [-0.39, 0.29) is 48.7 Å². The normalized spacial score (nSPS) is 22.4. The van der Waals surface area contributed by atoms with Crippen LogP contribution in [0.4, 0.5) is 0 Å². The van der Waals surface area contributed by atoms with Gasteiger partial charge in [0.15, 0.2) is 0 Å². The minimum absolute atomic E-state index is 0.0490. The third-order valence-electron chi connectivity index (χ3n) is 6.47. The van der Waals surface area contributed by atoms with Gasteiger partial charge in [-0.25, -0.2) is 8.42 Å². The van der Waals surface area contributed by atoms with Crippen molar-refractivity contribution in [2.24, 2.45) is 5.92 Å². The maximum absolute atomic E-state index is 12.7. The van der Waals surface area contributed by atoms with Crippen LogP contribution >= 0.6 is 0 Å². The number of carbonyl (C=O) groups excluding carboxylic acids is 2. The van der Waals surface area contributed by atoms with Crippen molar-refractivity contribution < 1.29 is 18.0 Å². The average Bonchev–Trinajstić information content (AvgIpc) is 3.23. The highest BCUT2D eigenvalue weighted by Gasteiger charge is 2.31. The van der Waals surface area contributed by atoms with Gasteiger partial charge in [0.05, 0.1) is 4.90 Å². The minimum atomic E-state index is -3.53. The Morgan fingerprint density at radius 2 is 1.74 bits per heavy atom. The van der Waals surface area contributed by atoms with Gasteiger partial charge in [-0.1, -0.05) is 44.4 Å². The SMILES string of the molecule is CCCCC1CCCC1NC(=O)CCC(=O)N1CCN(S(=O)(=O)c2ccccc2)CC1. The van der Waals surface area contributed by atoms with Gasteiger partial charge in [0.25, 0.3) is 0 Å². The molecule has 1 saturated carbocycles. The second-order valence-corrected chi connectivity index (χ2v) is 10.5. The first-order valence-corrected chi connectivity index (χ1v) is 13.0. The lowest BCUT2D eigenvalue weighted by atomic mass is 9.96. The molecule has 1 aromatic carbocycles. The summed E-state index contributed by atoms with van der Waals surface area (Å²) in [5.74, 6) is 0.437. The monoisotopic (exact) mass is 449 g/mol. The van der Waals surface area contributed by atoms with E-state index in [2.05, 4.69) is 12.2 Å². The fourth-order valence-corrected chi connectivity index (χ4v) is 6.06. The van der Waals surface area contributed by atoms with Gasteiger partial charge in [-0.2, -0.15) is 4.31 Å². The van der Waals surface area contributed by atoms with Crippen molar-refractivity contribution in [2.45, 2.75) is 69.2 Å². The van der Waals surface area contributed by atoms with Gasteiger partial charge >= 0.3 is 0 Å². The Morgan fingerprint density at radius 3 is 2.42 bits per heavy atom. The molecule has 2 fully saturated rings. The lowest BCUT2D eigenvalue weighted by molar-refractivity contribution is -0.134. The van der Waals surface area contributed by atoms with Crippen LogP contribution in [0, 0.1) is 5.92 Å². The van der Waals surface area contributed by atoms with Crippen molar-refractivity contribution >= 4 is 21.8 Å². The van der Waals surface area contributed by atoms with Crippen molar-refractivity contribution in [3.63, 3.8) is 0 Å². The molecule has 1 heterocycles. The van der Waals surface area contributed by atoms with Crippen LogP contribution in [0.2, 0.25) is 0 Å². The summed E-state index contributed by atoms with van der Waals surface area (Å²) in [6.45, 7) is 3.44. The first-order valence-electron chi connectivity index (χ1n) is 11.5. The predicted molar refractivity (Wildman–Crippen MR) is 120 cm³/mol. The molecule has 172 valence electrons. The molecule has 0 spiro atoms. The van der Waals surface area contributed by atoms with Gasteiger partial charge < -0.3 is 10.2 Å². The molecule has 2 amide bonds. The number of rotatable bonds is 9. The highest BCUT2D eigenvalue weighted by Crippen LogP contribution is 2.30. The summed E-state index contributed by atoms with van der Waals surface area (Å²) < 4.78 is 26.8.